The highest BCUT2D eigenvalue weighted by atomic mass is 32.1. The zero-order valence-corrected chi connectivity index (χ0v) is 12.6. The third kappa shape index (κ3) is 4.53. The van der Waals surface area contributed by atoms with Gasteiger partial charge in [0.2, 0.25) is 11.8 Å². The minimum Gasteiger partial charge on any atom is -0.389 e. The number of nitrogens with zero attached hydrogens (tertiary/aromatic N) is 1. The second-order valence-corrected chi connectivity index (χ2v) is 5.52. The summed E-state index contributed by atoms with van der Waals surface area (Å²) in [7, 11) is 0. The van der Waals surface area contributed by atoms with E-state index in [4.69, 9.17) is 18.0 Å². The molecule has 5 nitrogen and oxygen atoms in total. The maximum absolute atomic E-state index is 11.8. The Morgan fingerprint density at radius 1 is 1.33 bits per heavy atom. The van der Waals surface area contributed by atoms with Gasteiger partial charge in [0.05, 0.1) is 0 Å². The Kier molecular flexibility index (Phi) is 5.27. The predicted molar refractivity (Wildman–Crippen MR) is 86.0 cm³/mol. The standard InChI is InChI=1S/C15H19N3O2S/c16-15(21)11-5-7-12(8-6-11)17-13(19)3-1-9-18-10-2-4-14(18)20/h5-8H,1-4,9-10H2,(H2,16,21)(H,17,19). The van der Waals surface area contributed by atoms with E-state index in [0.29, 0.717) is 30.8 Å². The smallest absolute Gasteiger partial charge is 0.224 e. The number of hydrogen-bond donors (Lipinski definition) is 2. The van der Waals surface area contributed by atoms with Gasteiger partial charge in [-0.05, 0) is 37.1 Å². The van der Waals surface area contributed by atoms with Gasteiger partial charge in [0.1, 0.15) is 4.99 Å². The highest BCUT2D eigenvalue weighted by molar-refractivity contribution is 7.80. The molecule has 0 radical (unpaired) electrons. The third-order valence-electron chi connectivity index (χ3n) is 3.46. The van der Waals surface area contributed by atoms with Gasteiger partial charge in [-0.15, -0.1) is 0 Å². The van der Waals surface area contributed by atoms with Crippen molar-refractivity contribution in [1.82, 2.24) is 4.90 Å². The van der Waals surface area contributed by atoms with Crippen molar-refractivity contribution in [3.63, 3.8) is 0 Å². The summed E-state index contributed by atoms with van der Waals surface area (Å²) in [5.74, 6) is 0.147. The van der Waals surface area contributed by atoms with E-state index in [-0.39, 0.29) is 11.8 Å². The molecule has 6 heteroatoms. The molecule has 0 aromatic heterocycles. The molecule has 0 bridgehead atoms. The lowest BCUT2D eigenvalue weighted by Gasteiger charge is -2.14. The average Bonchev–Trinajstić information content (AvgIpc) is 2.85. The summed E-state index contributed by atoms with van der Waals surface area (Å²) >= 11 is 4.87. The minimum absolute atomic E-state index is 0.0512. The second-order valence-electron chi connectivity index (χ2n) is 5.08. The molecule has 1 heterocycles. The van der Waals surface area contributed by atoms with Crippen LogP contribution in [-0.2, 0) is 9.59 Å². The molecule has 0 aliphatic carbocycles. The van der Waals surface area contributed by atoms with Gasteiger partial charge in [-0.3, -0.25) is 9.59 Å². The maximum Gasteiger partial charge on any atom is 0.224 e. The van der Waals surface area contributed by atoms with Crippen molar-refractivity contribution >= 4 is 34.7 Å². The van der Waals surface area contributed by atoms with E-state index in [9.17, 15) is 9.59 Å². The largest absolute Gasteiger partial charge is 0.389 e. The lowest BCUT2D eigenvalue weighted by atomic mass is 10.2. The van der Waals surface area contributed by atoms with Crippen LogP contribution in [0.3, 0.4) is 0 Å². The lowest BCUT2D eigenvalue weighted by molar-refractivity contribution is -0.128. The molecule has 0 unspecified atom stereocenters. The number of anilines is 1. The van der Waals surface area contributed by atoms with Crippen LogP contribution in [0.5, 0.6) is 0 Å². The third-order valence-corrected chi connectivity index (χ3v) is 3.69. The topological polar surface area (TPSA) is 75.4 Å². The van der Waals surface area contributed by atoms with E-state index in [1.165, 1.54) is 0 Å². The van der Waals surface area contributed by atoms with Crippen LogP contribution in [0.2, 0.25) is 0 Å². The molecule has 1 aromatic rings. The van der Waals surface area contributed by atoms with Crippen LogP contribution < -0.4 is 11.1 Å². The number of likely N-dealkylation sites (tertiary alicyclic amines) is 1. The molecular formula is C15H19N3O2S. The summed E-state index contributed by atoms with van der Waals surface area (Å²) in [4.78, 5) is 25.4. The van der Waals surface area contributed by atoms with Gasteiger partial charge in [-0.25, -0.2) is 0 Å². The quantitative estimate of drug-likeness (QED) is 0.784. The summed E-state index contributed by atoms with van der Waals surface area (Å²) in [5, 5.41) is 2.82. The van der Waals surface area contributed by atoms with Gasteiger partial charge < -0.3 is 16.0 Å². The molecule has 1 aliphatic rings. The molecule has 2 amide bonds. The van der Waals surface area contributed by atoms with Crippen LogP contribution in [0.1, 0.15) is 31.2 Å². The maximum atomic E-state index is 11.8. The minimum atomic E-state index is -0.0512. The number of rotatable bonds is 6. The van der Waals surface area contributed by atoms with E-state index in [1.54, 1.807) is 24.3 Å². The summed E-state index contributed by atoms with van der Waals surface area (Å²) in [6.07, 6.45) is 2.66. The van der Waals surface area contributed by atoms with Crippen LogP contribution in [0.15, 0.2) is 24.3 Å². The Labute approximate surface area is 129 Å². The van der Waals surface area contributed by atoms with Gasteiger partial charge in [0.25, 0.3) is 0 Å². The van der Waals surface area contributed by atoms with Crippen LogP contribution in [0.4, 0.5) is 5.69 Å². The fraction of sp³-hybridized carbons (Fsp3) is 0.400. The first-order valence-corrected chi connectivity index (χ1v) is 7.44. The van der Waals surface area contributed by atoms with Crippen molar-refractivity contribution in [1.29, 1.82) is 0 Å². The molecule has 2 rings (SSSR count). The molecule has 3 N–H and O–H groups in total. The van der Waals surface area contributed by atoms with E-state index in [1.807, 2.05) is 4.90 Å². The van der Waals surface area contributed by atoms with E-state index >= 15 is 0 Å². The Balaban J connectivity index is 1.74. The number of carbonyl (C=O) groups excluding carboxylic acids is 2. The second kappa shape index (κ2) is 7.17. The number of carbonyl (C=O) groups is 2. The predicted octanol–water partition coefficient (Wildman–Crippen LogP) is 1.66. The van der Waals surface area contributed by atoms with E-state index in [0.717, 1.165) is 24.2 Å². The number of amides is 2. The van der Waals surface area contributed by atoms with Crippen molar-refractivity contribution in [3.05, 3.63) is 29.8 Å². The Bertz CT molecular complexity index is 542. The first-order chi connectivity index (χ1) is 10.1. The first-order valence-electron chi connectivity index (χ1n) is 7.04. The number of nitrogens with two attached hydrogens (primary N) is 1. The van der Waals surface area contributed by atoms with Crippen molar-refractivity contribution in [2.45, 2.75) is 25.7 Å². The lowest BCUT2D eigenvalue weighted by Crippen LogP contribution is -2.26. The highest BCUT2D eigenvalue weighted by Crippen LogP contribution is 2.12. The van der Waals surface area contributed by atoms with Gasteiger partial charge in [-0.1, -0.05) is 12.2 Å². The normalized spacial score (nSPS) is 14.3. The number of benzene rings is 1. The van der Waals surface area contributed by atoms with Crippen molar-refractivity contribution in [3.8, 4) is 0 Å². The highest BCUT2D eigenvalue weighted by Gasteiger charge is 2.19. The summed E-state index contributed by atoms with van der Waals surface area (Å²) in [6.45, 7) is 1.48. The molecule has 21 heavy (non-hydrogen) atoms. The van der Waals surface area contributed by atoms with Gasteiger partial charge >= 0.3 is 0 Å². The van der Waals surface area contributed by atoms with E-state index < -0.39 is 0 Å². The summed E-state index contributed by atoms with van der Waals surface area (Å²) in [6, 6.07) is 7.11. The zero-order chi connectivity index (χ0) is 15.2. The van der Waals surface area contributed by atoms with Crippen molar-refractivity contribution in [2.24, 2.45) is 5.73 Å². The Morgan fingerprint density at radius 2 is 2.05 bits per heavy atom. The zero-order valence-electron chi connectivity index (χ0n) is 11.8. The van der Waals surface area contributed by atoms with Gasteiger partial charge in [0.15, 0.2) is 0 Å². The summed E-state index contributed by atoms with van der Waals surface area (Å²) in [5.41, 5.74) is 7.01. The van der Waals surface area contributed by atoms with Crippen LogP contribution in [-0.4, -0.2) is 34.8 Å². The van der Waals surface area contributed by atoms with Gasteiger partial charge in [0, 0.05) is 37.2 Å². The average molecular weight is 305 g/mol. The molecule has 0 spiro atoms. The molecule has 1 aliphatic heterocycles. The van der Waals surface area contributed by atoms with Crippen LogP contribution >= 0.6 is 12.2 Å². The number of nitrogens with one attached hydrogen (secondary N) is 1. The summed E-state index contributed by atoms with van der Waals surface area (Å²) < 4.78 is 0. The molecular weight excluding hydrogens is 286 g/mol. The number of hydrogen-bond acceptors (Lipinski definition) is 3. The molecule has 1 fully saturated rings. The molecule has 0 saturated carbocycles. The molecule has 1 saturated heterocycles. The molecule has 0 atom stereocenters. The van der Waals surface area contributed by atoms with Crippen LogP contribution in [0.25, 0.3) is 0 Å². The SMILES string of the molecule is NC(=S)c1ccc(NC(=O)CCCN2CCCC2=O)cc1. The van der Waals surface area contributed by atoms with E-state index in [2.05, 4.69) is 5.32 Å². The molecule has 1 aromatic carbocycles. The van der Waals surface area contributed by atoms with Crippen molar-refractivity contribution < 1.29 is 9.59 Å². The van der Waals surface area contributed by atoms with Crippen molar-refractivity contribution in [2.75, 3.05) is 18.4 Å². The monoisotopic (exact) mass is 305 g/mol. The van der Waals surface area contributed by atoms with Crippen LogP contribution in [0, 0.1) is 0 Å². The van der Waals surface area contributed by atoms with Gasteiger partial charge in [-0.2, -0.15) is 0 Å². The molecule has 112 valence electrons. The first kappa shape index (κ1) is 15.4. The Hall–Kier alpha value is -1.95. The Morgan fingerprint density at radius 3 is 2.62 bits per heavy atom. The fourth-order valence-corrected chi connectivity index (χ4v) is 2.45. The number of thiocarbonyl (C=S) groups is 1. The fourth-order valence-electron chi connectivity index (χ4n) is 2.31.